The highest BCUT2D eigenvalue weighted by Crippen LogP contribution is 2.23. The van der Waals surface area contributed by atoms with E-state index < -0.39 is 0 Å². The summed E-state index contributed by atoms with van der Waals surface area (Å²) in [6.07, 6.45) is 0. The number of halogens is 1. The molecule has 4 amide bonds. The maximum atomic E-state index is 13.3. The molecule has 3 rings (SSSR count). The monoisotopic (exact) mass is 356 g/mol. The molecule has 1 aliphatic heterocycles. The molecule has 7 heteroatoms. The number of hydrogen-bond donors (Lipinski definition) is 3. The van der Waals surface area contributed by atoms with Gasteiger partial charge in [0.25, 0.3) is 0 Å². The van der Waals surface area contributed by atoms with Gasteiger partial charge in [-0.1, -0.05) is 12.1 Å². The van der Waals surface area contributed by atoms with Gasteiger partial charge >= 0.3 is 12.1 Å². The Labute approximate surface area is 151 Å². The van der Waals surface area contributed by atoms with E-state index in [0.29, 0.717) is 30.9 Å². The molecule has 1 heterocycles. The van der Waals surface area contributed by atoms with Gasteiger partial charge in [0.15, 0.2) is 0 Å². The number of anilines is 2. The van der Waals surface area contributed by atoms with Gasteiger partial charge in [0.05, 0.1) is 0 Å². The first-order valence-corrected chi connectivity index (χ1v) is 8.40. The molecule has 1 aliphatic rings. The number of benzene rings is 2. The lowest BCUT2D eigenvalue weighted by Crippen LogP contribution is -2.29. The third kappa shape index (κ3) is 3.93. The van der Waals surface area contributed by atoms with Crippen LogP contribution in [0, 0.1) is 19.7 Å². The summed E-state index contributed by atoms with van der Waals surface area (Å²) in [7, 11) is 0. The fourth-order valence-electron chi connectivity index (χ4n) is 2.84. The number of nitrogens with zero attached hydrogens (tertiary/aromatic N) is 1. The van der Waals surface area contributed by atoms with Crippen LogP contribution in [0.25, 0.3) is 0 Å². The van der Waals surface area contributed by atoms with Crippen molar-refractivity contribution in [2.24, 2.45) is 0 Å². The predicted molar refractivity (Wildman–Crippen MR) is 98.9 cm³/mol. The lowest BCUT2D eigenvalue weighted by atomic mass is 10.1. The third-order valence-corrected chi connectivity index (χ3v) is 4.30. The van der Waals surface area contributed by atoms with Gasteiger partial charge in [-0.15, -0.1) is 0 Å². The van der Waals surface area contributed by atoms with E-state index in [-0.39, 0.29) is 17.9 Å². The molecule has 3 N–H and O–H groups in total. The minimum atomic E-state index is -0.346. The molecule has 1 fully saturated rings. The van der Waals surface area contributed by atoms with E-state index in [2.05, 4.69) is 16.0 Å². The Balaban J connectivity index is 1.60. The Morgan fingerprint density at radius 2 is 2.00 bits per heavy atom. The number of aryl methyl sites for hydroxylation is 2. The van der Waals surface area contributed by atoms with Crippen molar-refractivity contribution in [3.8, 4) is 0 Å². The number of rotatable bonds is 4. The summed E-state index contributed by atoms with van der Waals surface area (Å²) in [4.78, 5) is 25.5. The van der Waals surface area contributed by atoms with Gasteiger partial charge in [0.2, 0.25) is 0 Å². The second kappa shape index (κ2) is 7.43. The fourth-order valence-corrected chi connectivity index (χ4v) is 2.84. The zero-order valence-electron chi connectivity index (χ0n) is 14.7. The lowest BCUT2D eigenvalue weighted by Gasteiger charge is -2.17. The van der Waals surface area contributed by atoms with Crippen LogP contribution in [-0.4, -0.2) is 25.2 Å². The van der Waals surface area contributed by atoms with Crippen LogP contribution >= 0.6 is 0 Å². The summed E-state index contributed by atoms with van der Waals surface area (Å²) >= 11 is 0. The van der Waals surface area contributed by atoms with Crippen molar-refractivity contribution in [1.82, 2.24) is 10.6 Å². The first-order valence-electron chi connectivity index (χ1n) is 8.40. The summed E-state index contributed by atoms with van der Waals surface area (Å²) in [5.41, 5.74) is 3.69. The zero-order valence-corrected chi connectivity index (χ0v) is 14.7. The van der Waals surface area contributed by atoms with E-state index in [4.69, 9.17) is 0 Å². The van der Waals surface area contributed by atoms with Crippen LogP contribution in [-0.2, 0) is 6.54 Å². The van der Waals surface area contributed by atoms with Crippen LogP contribution in [0.2, 0.25) is 0 Å². The number of urea groups is 2. The Morgan fingerprint density at radius 3 is 2.65 bits per heavy atom. The summed E-state index contributed by atoms with van der Waals surface area (Å²) < 4.78 is 13.3. The molecule has 6 nitrogen and oxygen atoms in total. The lowest BCUT2D eigenvalue weighted by molar-refractivity contribution is 0.251. The second-order valence-electron chi connectivity index (χ2n) is 6.27. The van der Waals surface area contributed by atoms with Crippen molar-refractivity contribution >= 4 is 23.4 Å². The molecule has 1 saturated heterocycles. The zero-order chi connectivity index (χ0) is 18.7. The highest BCUT2D eigenvalue weighted by Gasteiger charge is 2.21. The molecule has 0 bridgehead atoms. The van der Waals surface area contributed by atoms with Gasteiger partial charge in [-0.25, -0.2) is 14.0 Å². The van der Waals surface area contributed by atoms with E-state index >= 15 is 0 Å². The summed E-state index contributed by atoms with van der Waals surface area (Å²) in [5.74, 6) is -0.263. The van der Waals surface area contributed by atoms with Crippen LogP contribution < -0.4 is 20.9 Å². The molecule has 26 heavy (non-hydrogen) atoms. The number of carbonyl (C=O) groups is 2. The Bertz CT molecular complexity index is 853. The molecule has 0 unspecified atom stereocenters. The van der Waals surface area contributed by atoms with Gasteiger partial charge in [-0.3, -0.25) is 4.90 Å². The topological polar surface area (TPSA) is 73.5 Å². The molecule has 2 aromatic rings. The van der Waals surface area contributed by atoms with Gasteiger partial charge in [0, 0.05) is 31.0 Å². The molecule has 0 atom stereocenters. The number of hydrogen-bond acceptors (Lipinski definition) is 2. The van der Waals surface area contributed by atoms with Crippen LogP contribution in [0.3, 0.4) is 0 Å². The summed E-state index contributed by atoms with van der Waals surface area (Å²) in [5, 5.41) is 8.30. The van der Waals surface area contributed by atoms with Gasteiger partial charge < -0.3 is 16.0 Å². The average Bonchev–Trinajstić information content (AvgIpc) is 3.04. The van der Waals surface area contributed by atoms with Crippen LogP contribution in [0.15, 0.2) is 36.4 Å². The molecule has 2 aromatic carbocycles. The Hall–Kier alpha value is -3.09. The molecule has 0 radical (unpaired) electrons. The summed E-state index contributed by atoms with van der Waals surface area (Å²) in [6, 6.07) is 9.72. The second-order valence-corrected chi connectivity index (χ2v) is 6.27. The number of nitrogens with one attached hydrogen (secondary N) is 3. The van der Waals surface area contributed by atoms with Crippen LogP contribution in [0.1, 0.15) is 16.7 Å². The first-order chi connectivity index (χ1) is 12.4. The van der Waals surface area contributed by atoms with Gasteiger partial charge in [-0.05, 0) is 54.8 Å². The molecular formula is C19H21FN4O2. The highest BCUT2D eigenvalue weighted by atomic mass is 19.1. The quantitative estimate of drug-likeness (QED) is 0.786. The van der Waals surface area contributed by atoms with Gasteiger partial charge in [0.1, 0.15) is 5.82 Å². The largest absolute Gasteiger partial charge is 0.336 e. The average molecular weight is 356 g/mol. The van der Waals surface area contributed by atoms with E-state index in [1.54, 1.807) is 36.1 Å². The van der Waals surface area contributed by atoms with Gasteiger partial charge in [-0.2, -0.15) is 0 Å². The van der Waals surface area contributed by atoms with E-state index in [1.807, 2.05) is 13.0 Å². The minimum Gasteiger partial charge on any atom is -0.336 e. The van der Waals surface area contributed by atoms with Crippen LogP contribution in [0.4, 0.5) is 25.4 Å². The standard InChI is InChI=1S/C19H21FN4O2/c1-12-9-14(3-5-16(12)20)11-22-18(25)23-17-6-4-15(10-13(17)2)24-8-7-21-19(24)26/h3-6,9-10H,7-8,11H2,1-2H3,(H,21,26)(H2,22,23,25). The maximum Gasteiger partial charge on any atom is 0.321 e. The molecule has 0 spiro atoms. The van der Waals surface area contributed by atoms with Crippen molar-refractivity contribution < 1.29 is 14.0 Å². The maximum absolute atomic E-state index is 13.3. The van der Waals surface area contributed by atoms with Crippen molar-refractivity contribution in [3.63, 3.8) is 0 Å². The van der Waals surface area contributed by atoms with E-state index in [0.717, 1.165) is 16.8 Å². The Kier molecular flexibility index (Phi) is 5.06. The van der Waals surface area contributed by atoms with Crippen molar-refractivity contribution in [1.29, 1.82) is 0 Å². The smallest absolute Gasteiger partial charge is 0.321 e. The predicted octanol–water partition coefficient (Wildman–Crippen LogP) is 3.29. The molecular weight excluding hydrogens is 335 g/mol. The molecule has 0 aliphatic carbocycles. The van der Waals surface area contributed by atoms with Crippen molar-refractivity contribution in [2.45, 2.75) is 20.4 Å². The Morgan fingerprint density at radius 1 is 1.19 bits per heavy atom. The molecule has 0 aromatic heterocycles. The highest BCUT2D eigenvalue weighted by molar-refractivity contribution is 5.95. The van der Waals surface area contributed by atoms with E-state index in [1.165, 1.54) is 6.07 Å². The van der Waals surface area contributed by atoms with E-state index in [9.17, 15) is 14.0 Å². The number of carbonyl (C=O) groups excluding carboxylic acids is 2. The third-order valence-electron chi connectivity index (χ3n) is 4.30. The van der Waals surface area contributed by atoms with Crippen LogP contribution in [0.5, 0.6) is 0 Å². The molecule has 0 saturated carbocycles. The summed E-state index contributed by atoms with van der Waals surface area (Å²) in [6.45, 7) is 5.12. The SMILES string of the molecule is Cc1cc(CNC(=O)Nc2ccc(N3CCNC3=O)cc2C)ccc1F. The van der Waals surface area contributed by atoms with Crippen molar-refractivity contribution in [3.05, 3.63) is 58.9 Å². The normalized spacial score (nSPS) is 13.5. The molecule has 136 valence electrons. The van der Waals surface area contributed by atoms with Crippen molar-refractivity contribution in [2.75, 3.05) is 23.3 Å². The minimum absolute atomic E-state index is 0.113. The number of amides is 4. The fraction of sp³-hybridized carbons (Fsp3) is 0.263. The first kappa shape index (κ1) is 17.7.